The number of piperidine rings is 1. The summed E-state index contributed by atoms with van der Waals surface area (Å²) >= 11 is 0. The molecule has 0 radical (unpaired) electrons. The van der Waals surface area contributed by atoms with Crippen LogP contribution >= 0.6 is 0 Å². The molecule has 4 heteroatoms. The highest BCUT2D eigenvalue weighted by Gasteiger charge is 2.21. The lowest BCUT2D eigenvalue weighted by atomic mass is 9.98. The van der Waals surface area contributed by atoms with Gasteiger partial charge in [0.1, 0.15) is 0 Å². The van der Waals surface area contributed by atoms with Crippen molar-refractivity contribution in [3.05, 3.63) is 65.7 Å². The van der Waals surface area contributed by atoms with Crippen molar-refractivity contribution >= 4 is 17.5 Å². The van der Waals surface area contributed by atoms with Gasteiger partial charge in [-0.1, -0.05) is 37.3 Å². The van der Waals surface area contributed by atoms with E-state index in [4.69, 9.17) is 0 Å². The molecule has 25 heavy (non-hydrogen) atoms. The molecule has 0 spiro atoms. The van der Waals surface area contributed by atoms with Crippen molar-refractivity contribution in [2.75, 3.05) is 18.4 Å². The summed E-state index contributed by atoms with van der Waals surface area (Å²) in [6, 6.07) is 16.8. The third kappa shape index (κ3) is 4.69. The van der Waals surface area contributed by atoms with E-state index < -0.39 is 0 Å². The van der Waals surface area contributed by atoms with Crippen molar-refractivity contribution in [1.29, 1.82) is 0 Å². The summed E-state index contributed by atoms with van der Waals surface area (Å²) < 4.78 is 0. The van der Waals surface area contributed by atoms with Gasteiger partial charge in [-0.3, -0.25) is 9.59 Å². The van der Waals surface area contributed by atoms with Gasteiger partial charge in [0, 0.05) is 24.3 Å². The molecule has 2 amide bonds. The number of rotatable bonds is 4. The zero-order chi connectivity index (χ0) is 17.6. The van der Waals surface area contributed by atoms with Gasteiger partial charge in [0.2, 0.25) is 5.91 Å². The highest BCUT2D eigenvalue weighted by atomic mass is 16.2. The Balaban J connectivity index is 1.56. The van der Waals surface area contributed by atoms with E-state index in [0.29, 0.717) is 23.6 Å². The van der Waals surface area contributed by atoms with E-state index in [1.807, 2.05) is 35.2 Å². The van der Waals surface area contributed by atoms with E-state index in [-0.39, 0.29) is 11.8 Å². The molecule has 0 aromatic heterocycles. The molecule has 130 valence electrons. The van der Waals surface area contributed by atoms with Crippen molar-refractivity contribution in [1.82, 2.24) is 4.90 Å². The Morgan fingerprint density at radius 2 is 1.64 bits per heavy atom. The Kier molecular flexibility index (Phi) is 5.49. The van der Waals surface area contributed by atoms with Crippen molar-refractivity contribution in [2.24, 2.45) is 5.92 Å². The van der Waals surface area contributed by atoms with Crippen molar-refractivity contribution < 1.29 is 9.59 Å². The molecule has 1 aliphatic heterocycles. The lowest BCUT2D eigenvalue weighted by molar-refractivity contribution is -0.115. The lowest BCUT2D eigenvalue weighted by Crippen LogP contribution is -2.37. The summed E-state index contributed by atoms with van der Waals surface area (Å²) in [6.45, 7) is 3.89. The second-order valence-corrected chi connectivity index (χ2v) is 6.76. The average molecular weight is 336 g/mol. The first-order valence-corrected chi connectivity index (χ1v) is 8.85. The minimum atomic E-state index is -0.0599. The molecule has 4 nitrogen and oxygen atoms in total. The van der Waals surface area contributed by atoms with Gasteiger partial charge in [0.15, 0.2) is 0 Å². The molecule has 1 N–H and O–H groups in total. The van der Waals surface area contributed by atoms with Gasteiger partial charge in [0.25, 0.3) is 5.91 Å². The van der Waals surface area contributed by atoms with Crippen LogP contribution in [0.15, 0.2) is 54.6 Å². The van der Waals surface area contributed by atoms with Gasteiger partial charge in [0.05, 0.1) is 6.42 Å². The number of carbonyl (C=O) groups excluding carboxylic acids is 2. The molecule has 0 atom stereocenters. The molecule has 2 aromatic carbocycles. The average Bonchev–Trinajstić information content (AvgIpc) is 2.63. The highest BCUT2D eigenvalue weighted by molar-refractivity contribution is 5.96. The third-order valence-corrected chi connectivity index (χ3v) is 4.69. The number of anilines is 1. The fourth-order valence-corrected chi connectivity index (χ4v) is 3.08. The summed E-state index contributed by atoms with van der Waals surface area (Å²) in [5, 5.41) is 2.88. The summed E-state index contributed by atoms with van der Waals surface area (Å²) in [6.07, 6.45) is 2.48. The van der Waals surface area contributed by atoms with E-state index >= 15 is 0 Å². The number of carbonyl (C=O) groups is 2. The maximum atomic E-state index is 12.5. The topological polar surface area (TPSA) is 49.4 Å². The predicted octanol–water partition coefficient (Wildman–Crippen LogP) is 3.74. The molecule has 0 saturated carbocycles. The first-order chi connectivity index (χ1) is 12.1. The standard InChI is InChI=1S/C21H24N2O2/c1-16-11-13-23(14-12-16)21(25)18-7-9-19(10-8-18)22-20(24)15-17-5-3-2-4-6-17/h2-10,16H,11-15H2,1H3,(H,22,24). The molecule has 1 fully saturated rings. The number of likely N-dealkylation sites (tertiary alicyclic amines) is 1. The van der Waals surface area contributed by atoms with Crippen LogP contribution in [0.2, 0.25) is 0 Å². The van der Waals surface area contributed by atoms with E-state index in [0.717, 1.165) is 31.5 Å². The molecule has 1 saturated heterocycles. The minimum Gasteiger partial charge on any atom is -0.339 e. The Labute approximate surface area is 148 Å². The van der Waals surface area contributed by atoms with Crippen LogP contribution in [0.5, 0.6) is 0 Å². The van der Waals surface area contributed by atoms with Crippen LogP contribution in [-0.4, -0.2) is 29.8 Å². The van der Waals surface area contributed by atoms with Crippen LogP contribution in [0.25, 0.3) is 0 Å². The number of hydrogen-bond acceptors (Lipinski definition) is 2. The van der Waals surface area contributed by atoms with E-state index in [2.05, 4.69) is 12.2 Å². The minimum absolute atomic E-state index is 0.0599. The van der Waals surface area contributed by atoms with Crippen LogP contribution in [0.3, 0.4) is 0 Å². The Bertz CT molecular complexity index is 717. The van der Waals surface area contributed by atoms with Crippen LogP contribution in [-0.2, 0) is 11.2 Å². The molecule has 0 unspecified atom stereocenters. The first-order valence-electron chi connectivity index (χ1n) is 8.85. The second kappa shape index (κ2) is 7.97. The van der Waals surface area contributed by atoms with Gasteiger partial charge in [-0.25, -0.2) is 0 Å². The van der Waals surface area contributed by atoms with Gasteiger partial charge in [-0.05, 0) is 48.6 Å². The van der Waals surface area contributed by atoms with Crippen LogP contribution in [0.4, 0.5) is 5.69 Å². The number of amides is 2. The number of nitrogens with zero attached hydrogens (tertiary/aromatic N) is 1. The molecule has 0 aliphatic carbocycles. The molecule has 3 rings (SSSR count). The Hall–Kier alpha value is -2.62. The molecule has 2 aromatic rings. The Morgan fingerprint density at radius 1 is 1.00 bits per heavy atom. The summed E-state index contributed by atoms with van der Waals surface area (Å²) in [5.74, 6) is 0.718. The van der Waals surface area contributed by atoms with Crippen LogP contribution in [0, 0.1) is 5.92 Å². The van der Waals surface area contributed by atoms with Crippen molar-refractivity contribution in [3.63, 3.8) is 0 Å². The second-order valence-electron chi connectivity index (χ2n) is 6.76. The van der Waals surface area contributed by atoms with Crippen LogP contribution < -0.4 is 5.32 Å². The normalized spacial score (nSPS) is 15.0. The lowest BCUT2D eigenvalue weighted by Gasteiger charge is -2.30. The summed E-state index contributed by atoms with van der Waals surface area (Å²) in [4.78, 5) is 26.5. The fraction of sp³-hybridized carbons (Fsp3) is 0.333. The maximum Gasteiger partial charge on any atom is 0.253 e. The van der Waals surface area contributed by atoms with Gasteiger partial charge in [-0.15, -0.1) is 0 Å². The van der Waals surface area contributed by atoms with E-state index in [9.17, 15) is 9.59 Å². The molecule has 1 heterocycles. The fourth-order valence-electron chi connectivity index (χ4n) is 3.08. The smallest absolute Gasteiger partial charge is 0.253 e. The predicted molar refractivity (Wildman–Crippen MR) is 99.5 cm³/mol. The number of nitrogens with one attached hydrogen (secondary N) is 1. The first kappa shape index (κ1) is 17.2. The van der Waals surface area contributed by atoms with Crippen LogP contribution in [0.1, 0.15) is 35.7 Å². The zero-order valence-electron chi connectivity index (χ0n) is 14.6. The molecule has 0 bridgehead atoms. The summed E-state index contributed by atoms with van der Waals surface area (Å²) in [7, 11) is 0. The van der Waals surface area contributed by atoms with E-state index in [1.54, 1.807) is 24.3 Å². The molecular formula is C21H24N2O2. The number of hydrogen-bond donors (Lipinski definition) is 1. The zero-order valence-corrected chi connectivity index (χ0v) is 14.6. The van der Waals surface area contributed by atoms with Gasteiger partial charge in [-0.2, -0.15) is 0 Å². The molecular weight excluding hydrogens is 312 g/mol. The maximum absolute atomic E-state index is 12.5. The largest absolute Gasteiger partial charge is 0.339 e. The highest BCUT2D eigenvalue weighted by Crippen LogP contribution is 2.19. The van der Waals surface area contributed by atoms with Gasteiger partial charge < -0.3 is 10.2 Å². The number of benzene rings is 2. The monoisotopic (exact) mass is 336 g/mol. The quantitative estimate of drug-likeness (QED) is 0.924. The van der Waals surface area contributed by atoms with Crippen molar-refractivity contribution in [3.8, 4) is 0 Å². The Morgan fingerprint density at radius 3 is 2.28 bits per heavy atom. The van der Waals surface area contributed by atoms with Crippen molar-refractivity contribution in [2.45, 2.75) is 26.2 Å². The third-order valence-electron chi connectivity index (χ3n) is 4.69. The molecule has 1 aliphatic rings. The van der Waals surface area contributed by atoms with E-state index in [1.165, 1.54) is 0 Å². The SMILES string of the molecule is CC1CCN(C(=O)c2ccc(NC(=O)Cc3ccccc3)cc2)CC1. The van der Waals surface area contributed by atoms with Gasteiger partial charge >= 0.3 is 0 Å². The summed E-state index contributed by atoms with van der Waals surface area (Å²) in [5.41, 5.74) is 2.37.